The molecule has 4 rings (SSSR count). The monoisotopic (exact) mass is 345 g/mol. The molecule has 0 aliphatic carbocycles. The number of fused-ring (bicyclic) bond motifs is 1. The van der Waals surface area contributed by atoms with Crippen molar-refractivity contribution in [1.29, 1.82) is 0 Å². The quantitative estimate of drug-likeness (QED) is 0.596. The Hall–Kier alpha value is -3.47. The number of hydrogen-bond donors (Lipinski definition) is 2. The first-order valence-electron chi connectivity index (χ1n) is 8.57. The molecule has 128 valence electrons. The Morgan fingerprint density at radius 1 is 0.885 bits per heavy atom. The molecular formula is C21H21N4O+3. The molecule has 1 atom stereocenters. The number of aromatic amines is 3. The number of phenolic OH excluding ortho intramolecular Hbond substituents is 1. The highest BCUT2D eigenvalue weighted by molar-refractivity contribution is 5.83. The smallest absolute Gasteiger partial charge is 0.273 e. The average molecular weight is 345 g/mol. The second-order valence-electron chi connectivity index (χ2n) is 6.28. The van der Waals surface area contributed by atoms with Gasteiger partial charge in [0, 0.05) is 31.2 Å². The molecule has 4 aromatic rings. The Morgan fingerprint density at radius 2 is 1.65 bits per heavy atom. The van der Waals surface area contributed by atoms with Crippen molar-refractivity contribution in [3.05, 3.63) is 90.0 Å². The summed E-state index contributed by atoms with van der Waals surface area (Å²) < 4.78 is 0. The fourth-order valence-corrected chi connectivity index (χ4v) is 3.13. The van der Waals surface area contributed by atoms with E-state index in [1.807, 2.05) is 80.0 Å². The van der Waals surface area contributed by atoms with Gasteiger partial charge in [0.25, 0.3) is 11.3 Å². The number of benzene rings is 1. The van der Waals surface area contributed by atoms with Gasteiger partial charge in [-0.3, -0.25) is 5.32 Å². The highest BCUT2D eigenvalue weighted by Gasteiger charge is 2.29. The molecule has 0 saturated carbocycles. The molecule has 0 bridgehead atoms. The molecule has 1 aromatic carbocycles. The van der Waals surface area contributed by atoms with Crippen molar-refractivity contribution in [2.24, 2.45) is 0 Å². The van der Waals surface area contributed by atoms with Gasteiger partial charge >= 0.3 is 0 Å². The summed E-state index contributed by atoms with van der Waals surface area (Å²) in [4.78, 5) is 9.74. The van der Waals surface area contributed by atoms with E-state index in [9.17, 15) is 5.11 Å². The number of aromatic hydroxyl groups is 1. The van der Waals surface area contributed by atoms with E-state index in [2.05, 4.69) is 20.3 Å². The summed E-state index contributed by atoms with van der Waals surface area (Å²) in [5.41, 5.74) is 3.48. The van der Waals surface area contributed by atoms with Gasteiger partial charge in [-0.15, -0.1) is 0 Å². The van der Waals surface area contributed by atoms with E-state index < -0.39 is 0 Å². The summed E-state index contributed by atoms with van der Waals surface area (Å²) in [6.45, 7) is 1.98. The molecule has 0 saturated heterocycles. The van der Waals surface area contributed by atoms with Crippen LogP contribution in [0.5, 0.6) is 5.75 Å². The minimum atomic E-state index is -0.242. The Kier molecular flexibility index (Phi) is 4.19. The van der Waals surface area contributed by atoms with Crippen molar-refractivity contribution >= 4 is 16.7 Å². The van der Waals surface area contributed by atoms with Crippen LogP contribution in [-0.2, 0) is 0 Å². The number of rotatable bonds is 4. The number of pyridine rings is 3. The lowest BCUT2D eigenvalue weighted by atomic mass is 9.99. The van der Waals surface area contributed by atoms with Crippen LogP contribution in [0.3, 0.4) is 0 Å². The number of aromatic nitrogens is 3. The Bertz CT molecular complexity index is 1040. The van der Waals surface area contributed by atoms with Gasteiger partial charge in [0.2, 0.25) is 11.7 Å². The van der Waals surface area contributed by atoms with E-state index in [1.165, 1.54) is 0 Å². The molecule has 5 N–H and O–H groups in total. The van der Waals surface area contributed by atoms with Gasteiger partial charge in [-0.05, 0) is 30.3 Å². The van der Waals surface area contributed by atoms with E-state index in [0.717, 1.165) is 33.7 Å². The highest BCUT2D eigenvalue weighted by Crippen LogP contribution is 2.33. The first kappa shape index (κ1) is 16.0. The summed E-state index contributed by atoms with van der Waals surface area (Å²) in [7, 11) is 0. The summed E-state index contributed by atoms with van der Waals surface area (Å²) in [5.74, 6) is 1.11. The predicted molar refractivity (Wildman–Crippen MR) is 98.4 cm³/mol. The fourth-order valence-electron chi connectivity index (χ4n) is 3.13. The molecular weight excluding hydrogens is 324 g/mol. The summed E-state index contributed by atoms with van der Waals surface area (Å²) in [6.07, 6.45) is 3.75. The zero-order chi connectivity index (χ0) is 17.9. The van der Waals surface area contributed by atoms with Crippen molar-refractivity contribution in [2.75, 3.05) is 5.32 Å². The molecule has 0 fully saturated rings. The molecule has 0 aliphatic rings. The van der Waals surface area contributed by atoms with E-state index in [0.29, 0.717) is 0 Å². The second-order valence-corrected chi connectivity index (χ2v) is 6.28. The van der Waals surface area contributed by atoms with Gasteiger partial charge in [0.1, 0.15) is 0 Å². The lowest BCUT2D eigenvalue weighted by Crippen LogP contribution is -2.25. The maximum Gasteiger partial charge on any atom is 0.273 e. The maximum atomic E-state index is 11.0. The molecule has 3 heterocycles. The normalized spacial score (nSPS) is 12.0. The lowest BCUT2D eigenvalue weighted by Gasteiger charge is -2.13. The second kappa shape index (κ2) is 6.80. The molecule has 0 radical (unpaired) electrons. The zero-order valence-electron chi connectivity index (χ0n) is 14.5. The van der Waals surface area contributed by atoms with Crippen LogP contribution in [0.4, 0.5) is 5.82 Å². The van der Waals surface area contributed by atoms with Gasteiger partial charge in [0.05, 0.1) is 17.1 Å². The van der Waals surface area contributed by atoms with Crippen LogP contribution in [0, 0.1) is 6.92 Å². The predicted octanol–water partition coefficient (Wildman–Crippen LogP) is 2.50. The van der Waals surface area contributed by atoms with Crippen molar-refractivity contribution in [3.63, 3.8) is 0 Å². The maximum absolute atomic E-state index is 11.0. The van der Waals surface area contributed by atoms with Crippen LogP contribution in [0.2, 0.25) is 0 Å². The largest absolute Gasteiger partial charge is 0.502 e. The molecule has 26 heavy (non-hydrogen) atoms. The number of hydrogen-bond acceptors (Lipinski definition) is 2. The number of anilines is 1. The van der Waals surface area contributed by atoms with Crippen LogP contribution < -0.4 is 20.3 Å². The van der Waals surface area contributed by atoms with Crippen LogP contribution in [0.25, 0.3) is 10.9 Å². The van der Waals surface area contributed by atoms with E-state index in [1.54, 1.807) is 0 Å². The number of aryl methyl sites for hydroxylation is 1. The SMILES string of the molecule is Cc1ccc2ccc(C(Nc3cccc[nH+]3)c3cccc[nH+]3)c(O)c2[nH+]1. The topological polar surface area (TPSA) is 74.7 Å². The highest BCUT2D eigenvalue weighted by atomic mass is 16.3. The van der Waals surface area contributed by atoms with Gasteiger partial charge < -0.3 is 5.11 Å². The summed E-state index contributed by atoms with van der Waals surface area (Å²) in [5, 5.41) is 15.4. The third-order valence-corrected chi connectivity index (χ3v) is 4.44. The fraction of sp³-hybridized carbons (Fsp3) is 0.0952. The summed E-state index contributed by atoms with van der Waals surface area (Å²) >= 11 is 0. The van der Waals surface area contributed by atoms with Crippen LogP contribution in [0.1, 0.15) is 23.0 Å². The molecule has 0 spiro atoms. The van der Waals surface area contributed by atoms with Crippen molar-refractivity contribution in [3.8, 4) is 5.75 Å². The molecule has 0 amide bonds. The number of H-pyrrole nitrogens is 3. The lowest BCUT2D eigenvalue weighted by molar-refractivity contribution is -0.392. The first-order chi connectivity index (χ1) is 12.7. The molecule has 3 aromatic heterocycles. The van der Waals surface area contributed by atoms with Gasteiger partial charge in [-0.2, -0.15) is 0 Å². The average Bonchev–Trinajstić information content (AvgIpc) is 2.69. The van der Waals surface area contributed by atoms with Crippen molar-refractivity contribution in [2.45, 2.75) is 13.0 Å². The number of phenols is 1. The van der Waals surface area contributed by atoms with Gasteiger partial charge in [-0.1, -0.05) is 6.07 Å². The molecule has 0 aliphatic heterocycles. The van der Waals surface area contributed by atoms with Gasteiger partial charge in [-0.25, -0.2) is 15.0 Å². The molecule has 5 heteroatoms. The minimum absolute atomic E-state index is 0.242. The van der Waals surface area contributed by atoms with Gasteiger partial charge in [0.15, 0.2) is 17.6 Å². The van der Waals surface area contributed by atoms with E-state index >= 15 is 0 Å². The Balaban J connectivity index is 1.86. The zero-order valence-corrected chi connectivity index (χ0v) is 14.5. The Labute approximate surface area is 151 Å². The van der Waals surface area contributed by atoms with E-state index in [4.69, 9.17) is 0 Å². The molecule has 5 nitrogen and oxygen atoms in total. The summed E-state index contributed by atoms with van der Waals surface area (Å²) in [6, 6.07) is 19.5. The van der Waals surface area contributed by atoms with Crippen molar-refractivity contribution in [1.82, 2.24) is 0 Å². The van der Waals surface area contributed by atoms with Crippen LogP contribution in [0.15, 0.2) is 73.1 Å². The third-order valence-electron chi connectivity index (χ3n) is 4.44. The standard InChI is InChI=1S/C21H18N4O/c1-14-8-9-15-10-11-16(21(26)19(15)24-14)20(17-6-2-4-12-22-17)25-18-7-3-5-13-23-18/h2-13,20,26H,1H3,(H,23,25)/p+3. The van der Waals surface area contributed by atoms with E-state index in [-0.39, 0.29) is 11.8 Å². The number of nitrogens with one attached hydrogen (secondary N) is 4. The van der Waals surface area contributed by atoms with Crippen LogP contribution >= 0.6 is 0 Å². The Morgan fingerprint density at radius 3 is 2.38 bits per heavy atom. The minimum Gasteiger partial charge on any atom is -0.502 e. The molecule has 1 unspecified atom stereocenters. The third kappa shape index (κ3) is 3.07. The van der Waals surface area contributed by atoms with Crippen molar-refractivity contribution < 1.29 is 20.1 Å². The first-order valence-corrected chi connectivity index (χ1v) is 8.57. The van der Waals surface area contributed by atoms with Crippen LogP contribution in [-0.4, -0.2) is 5.11 Å².